The molecule has 0 aromatic heterocycles. The van der Waals surface area contributed by atoms with E-state index in [2.05, 4.69) is 43.3 Å². The third kappa shape index (κ3) is 11.5. The predicted molar refractivity (Wildman–Crippen MR) is 120 cm³/mol. The molecule has 1 aliphatic heterocycles. The Labute approximate surface area is 173 Å². The van der Waals surface area contributed by atoms with E-state index in [1.807, 2.05) is 0 Å². The molecule has 0 spiro atoms. The first-order valence-electron chi connectivity index (χ1n) is 11.9. The molecule has 1 heterocycles. The molecule has 1 aromatic carbocycles. The normalized spacial score (nSPS) is 16.0. The monoisotopic (exact) mass is 386 g/mol. The van der Waals surface area contributed by atoms with Gasteiger partial charge in [-0.25, -0.2) is 0 Å². The van der Waals surface area contributed by atoms with E-state index in [4.69, 9.17) is 9.47 Å². The molecule has 158 valence electrons. The summed E-state index contributed by atoms with van der Waals surface area (Å²) in [6.45, 7) is 3.82. The molecule has 1 atom stereocenters. The largest absolute Gasteiger partial charge is 0.491 e. The maximum Gasteiger partial charge on any atom is 0.122 e. The van der Waals surface area contributed by atoms with Gasteiger partial charge in [-0.3, -0.25) is 0 Å². The number of benzene rings is 1. The number of epoxide rings is 1. The minimum absolute atomic E-state index is 0.329. The van der Waals surface area contributed by atoms with E-state index in [1.54, 1.807) is 0 Å². The van der Waals surface area contributed by atoms with Crippen molar-refractivity contribution in [1.29, 1.82) is 0 Å². The SMILES string of the molecule is CCCC/C=C/CCCCCCCCCCCc1ccccc1OCC1CO1. The molecule has 28 heavy (non-hydrogen) atoms. The average molecular weight is 387 g/mol. The highest BCUT2D eigenvalue weighted by Crippen LogP contribution is 2.22. The molecule has 2 nitrogen and oxygen atoms in total. The number of ether oxygens (including phenoxy) is 2. The third-order valence-corrected chi connectivity index (χ3v) is 5.51. The van der Waals surface area contributed by atoms with Crippen LogP contribution in [-0.2, 0) is 11.2 Å². The van der Waals surface area contributed by atoms with Gasteiger partial charge < -0.3 is 9.47 Å². The Balaban J connectivity index is 1.38. The maximum absolute atomic E-state index is 5.91. The summed E-state index contributed by atoms with van der Waals surface area (Å²) in [5.74, 6) is 1.05. The highest BCUT2D eigenvalue weighted by Gasteiger charge is 2.23. The van der Waals surface area contributed by atoms with Crippen LogP contribution in [0.25, 0.3) is 0 Å². The van der Waals surface area contributed by atoms with Gasteiger partial charge >= 0.3 is 0 Å². The molecule has 0 bridgehead atoms. The first-order valence-corrected chi connectivity index (χ1v) is 11.9. The van der Waals surface area contributed by atoms with Gasteiger partial charge in [0.25, 0.3) is 0 Å². The summed E-state index contributed by atoms with van der Waals surface area (Å²) in [5.41, 5.74) is 1.35. The van der Waals surface area contributed by atoms with Crippen LogP contribution in [0.3, 0.4) is 0 Å². The molecule has 1 fully saturated rings. The molecule has 1 aliphatic rings. The predicted octanol–water partition coefficient (Wildman–Crippen LogP) is 7.65. The van der Waals surface area contributed by atoms with E-state index >= 15 is 0 Å². The molecule has 1 unspecified atom stereocenters. The van der Waals surface area contributed by atoms with Gasteiger partial charge in [0, 0.05) is 0 Å². The van der Waals surface area contributed by atoms with E-state index in [-0.39, 0.29) is 0 Å². The van der Waals surface area contributed by atoms with Crippen molar-refractivity contribution in [1.82, 2.24) is 0 Å². The lowest BCUT2D eigenvalue weighted by Gasteiger charge is -2.10. The van der Waals surface area contributed by atoms with Crippen molar-refractivity contribution in [2.45, 2.75) is 103 Å². The van der Waals surface area contributed by atoms with E-state index in [0.717, 1.165) is 18.8 Å². The van der Waals surface area contributed by atoms with Crippen molar-refractivity contribution in [2.75, 3.05) is 13.2 Å². The van der Waals surface area contributed by atoms with Gasteiger partial charge in [0.2, 0.25) is 0 Å². The van der Waals surface area contributed by atoms with Crippen molar-refractivity contribution in [3.05, 3.63) is 42.0 Å². The van der Waals surface area contributed by atoms with E-state index in [0.29, 0.717) is 12.7 Å². The Morgan fingerprint density at radius 3 is 2.14 bits per heavy atom. The first-order chi connectivity index (χ1) is 13.9. The van der Waals surface area contributed by atoms with Gasteiger partial charge in [-0.05, 0) is 43.7 Å². The van der Waals surface area contributed by atoms with Crippen molar-refractivity contribution in [3.8, 4) is 5.75 Å². The van der Waals surface area contributed by atoms with Crippen LogP contribution in [0.2, 0.25) is 0 Å². The Hall–Kier alpha value is -1.28. The second-order valence-electron chi connectivity index (χ2n) is 8.21. The van der Waals surface area contributed by atoms with Crippen LogP contribution in [0.15, 0.2) is 36.4 Å². The summed E-state index contributed by atoms with van der Waals surface area (Å²) >= 11 is 0. The molecule has 1 aromatic rings. The van der Waals surface area contributed by atoms with E-state index in [1.165, 1.54) is 89.0 Å². The summed E-state index contributed by atoms with van der Waals surface area (Å²) in [5, 5.41) is 0. The zero-order chi connectivity index (χ0) is 19.7. The van der Waals surface area contributed by atoms with E-state index in [9.17, 15) is 0 Å². The van der Waals surface area contributed by atoms with Crippen LogP contribution in [0.1, 0.15) is 96.0 Å². The molecule has 0 radical (unpaired) electrons. The number of hydrogen-bond donors (Lipinski definition) is 0. The standard InChI is InChI=1S/C26H42O2/c1-2-3-4-5-6-7-8-9-10-11-12-13-14-15-16-19-24-20-17-18-21-26(24)28-23-25-22-27-25/h5-6,17-18,20-21,25H,2-4,7-16,19,22-23H2,1H3/b6-5+. The zero-order valence-electron chi connectivity index (χ0n) is 18.2. The Morgan fingerprint density at radius 2 is 1.46 bits per heavy atom. The van der Waals surface area contributed by atoms with Crippen molar-refractivity contribution in [2.24, 2.45) is 0 Å². The van der Waals surface area contributed by atoms with Gasteiger partial charge in [0.05, 0.1) is 6.61 Å². The Bertz CT molecular complexity index is 519. The zero-order valence-corrected chi connectivity index (χ0v) is 18.2. The summed E-state index contributed by atoms with van der Waals surface area (Å²) in [4.78, 5) is 0. The second kappa shape index (κ2) is 15.6. The maximum atomic E-state index is 5.91. The minimum atomic E-state index is 0.329. The fourth-order valence-corrected chi connectivity index (χ4v) is 3.57. The van der Waals surface area contributed by atoms with Crippen LogP contribution in [0, 0.1) is 0 Å². The molecule has 2 heteroatoms. The molecule has 0 saturated carbocycles. The quantitative estimate of drug-likeness (QED) is 0.147. The lowest BCUT2D eigenvalue weighted by molar-refractivity contribution is 0.261. The van der Waals surface area contributed by atoms with Crippen LogP contribution in [0.5, 0.6) is 5.75 Å². The van der Waals surface area contributed by atoms with Gasteiger partial charge in [0.1, 0.15) is 18.5 Å². The highest BCUT2D eigenvalue weighted by atomic mass is 16.6. The topological polar surface area (TPSA) is 21.8 Å². The number of aryl methyl sites for hydroxylation is 1. The minimum Gasteiger partial charge on any atom is -0.491 e. The molecule has 0 amide bonds. The summed E-state index contributed by atoms with van der Waals surface area (Å²) < 4.78 is 11.1. The van der Waals surface area contributed by atoms with Crippen molar-refractivity contribution < 1.29 is 9.47 Å². The number of unbranched alkanes of at least 4 members (excludes halogenated alkanes) is 11. The first kappa shape index (κ1) is 23.0. The number of hydrogen-bond acceptors (Lipinski definition) is 2. The third-order valence-electron chi connectivity index (χ3n) is 5.51. The molecule has 1 saturated heterocycles. The van der Waals surface area contributed by atoms with Crippen LogP contribution in [-0.4, -0.2) is 19.3 Å². The Kier molecular flexibility index (Phi) is 12.8. The van der Waals surface area contributed by atoms with Crippen LogP contribution >= 0.6 is 0 Å². The Morgan fingerprint density at radius 1 is 0.857 bits per heavy atom. The average Bonchev–Trinajstić information content (AvgIpc) is 3.54. The smallest absolute Gasteiger partial charge is 0.122 e. The summed E-state index contributed by atoms with van der Waals surface area (Å²) in [7, 11) is 0. The highest BCUT2D eigenvalue weighted by molar-refractivity contribution is 5.33. The fourth-order valence-electron chi connectivity index (χ4n) is 3.57. The fraction of sp³-hybridized carbons (Fsp3) is 0.692. The number of rotatable bonds is 18. The van der Waals surface area contributed by atoms with Crippen LogP contribution in [0.4, 0.5) is 0 Å². The second-order valence-corrected chi connectivity index (χ2v) is 8.21. The summed E-state index contributed by atoms with van der Waals surface area (Å²) in [6, 6.07) is 8.49. The lowest BCUT2D eigenvalue weighted by atomic mass is 10.0. The van der Waals surface area contributed by atoms with Gasteiger partial charge in [-0.1, -0.05) is 95.1 Å². The number of allylic oxidation sites excluding steroid dienone is 2. The van der Waals surface area contributed by atoms with Crippen molar-refractivity contribution >= 4 is 0 Å². The summed E-state index contributed by atoms with van der Waals surface area (Å²) in [6.07, 6.45) is 23.8. The van der Waals surface area contributed by atoms with Gasteiger partial charge in [-0.15, -0.1) is 0 Å². The lowest BCUT2D eigenvalue weighted by Crippen LogP contribution is -2.05. The molecular formula is C26H42O2. The van der Waals surface area contributed by atoms with Crippen molar-refractivity contribution in [3.63, 3.8) is 0 Å². The number of para-hydroxylation sites is 1. The molecule has 0 aliphatic carbocycles. The van der Waals surface area contributed by atoms with Gasteiger partial charge in [0.15, 0.2) is 0 Å². The molecule has 0 N–H and O–H groups in total. The molecular weight excluding hydrogens is 344 g/mol. The molecule has 2 rings (SSSR count). The van der Waals surface area contributed by atoms with E-state index < -0.39 is 0 Å². The van der Waals surface area contributed by atoms with Crippen LogP contribution < -0.4 is 4.74 Å². The van der Waals surface area contributed by atoms with Gasteiger partial charge in [-0.2, -0.15) is 0 Å².